The fraction of sp³-hybridized carbons (Fsp3) is 0.400. The fourth-order valence-corrected chi connectivity index (χ4v) is 2.47. The zero-order valence-electron chi connectivity index (χ0n) is 8.84. The topological polar surface area (TPSA) is 68.7 Å². The molecule has 86 valence electrons. The molecule has 1 N–H and O–H groups in total. The van der Waals surface area contributed by atoms with Gasteiger partial charge in [0.05, 0.1) is 18.0 Å². The molecule has 0 aliphatic carbocycles. The Kier molecular flexibility index (Phi) is 2.93. The number of aryl methyl sites for hydroxylation is 1. The Balaban J connectivity index is 2.70. The van der Waals surface area contributed by atoms with Crippen LogP contribution in [0.25, 0.3) is 4.96 Å². The molecule has 0 aromatic carbocycles. The van der Waals surface area contributed by atoms with Gasteiger partial charge >= 0.3 is 10.5 Å². The van der Waals surface area contributed by atoms with Crippen LogP contribution < -0.4 is 15.2 Å². The summed E-state index contributed by atoms with van der Waals surface area (Å²) >= 11 is 1.35. The van der Waals surface area contributed by atoms with E-state index in [-0.39, 0.29) is 23.6 Å². The lowest BCUT2D eigenvalue weighted by Crippen LogP contribution is -2.43. The minimum atomic E-state index is -0.263. The van der Waals surface area contributed by atoms with Gasteiger partial charge in [0.1, 0.15) is 6.20 Å². The van der Waals surface area contributed by atoms with Crippen molar-refractivity contribution in [2.45, 2.75) is 19.9 Å². The Hall–Kier alpha value is -1.40. The highest BCUT2D eigenvalue weighted by Crippen LogP contribution is 2.10. The molecule has 0 fully saturated rings. The highest BCUT2D eigenvalue weighted by atomic mass is 32.1. The SMILES string of the molecule is Cc1c([O-])[n+](CCCO)c2sccn2c1=O. The molecule has 5 nitrogen and oxygen atoms in total. The molecule has 16 heavy (non-hydrogen) atoms. The second-order valence-corrected chi connectivity index (χ2v) is 4.39. The van der Waals surface area contributed by atoms with Crippen LogP contribution in [0.5, 0.6) is 5.88 Å². The third-order valence-electron chi connectivity index (χ3n) is 2.47. The number of hydrogen-bond donors (Lipinski definition) is 1. The van der Waals surface area contributed by atoms with E-state index in [1.54, 1.807) is 11.6 Å². The average molecular weight is 240 g/mol. The molecule has 0 bridgehead atoms. The van der Waals surface area contributed by atoms with E-state index < -0.39 is 0 Å². The van der Waals surface area contributed by atoms with Gasteiger partial charge in [-0.25, -0.2) is 9.36 Å². The van der Waals surface area contributed by atoms with Crippen LogP contribution in [0.3, 0.4) is 0 Å². The minimum absolute atomic E-state index is 0.0299. The first-order chi connectivity index (χ1) is 7.66. The van der Waals surface area contributed by atoms with Gasteiger partial charge in [0.15, 0.2) is 0 Å². The summed E-state index contributed by atoms with van der Waals surface area (Å²) < 4.78 is 3.01. The Bertz CT molecular complexity index is 573. The van der Waals surface area contributed by atoms with Crippen LogP contribution in [0.15, 0.2) is 16.4 Å². The highest BCUT2D eigenvalue weighted by molar-refractivity contribution is 7.14. The predicted molar refractivity (Wildman–Crippen MR) is 57.6 cm³/mol. The van der Waals surface area contributed by atoms with Gasteiger partial charge in [0, 0.05) is 18.4 Å². The van der Waals surface area contributed by atoms with E-state index in [0.29, 0.717) is 17.9 Å². The molecule has 0 saturated heterocycles. The molecule has 0 saturated carbocycles. The van der Waals surface area contributed by atoms with E-state index in [1.165, 1.54) is 27.2 Å². The minimum Gasteiger partial charge on any atom is -0.842 e. The summed E-state index contributed by atoms with van der Waals surface area (Å²) in [6.45, 7) is 1.99. The first-order valence-electron chi connectivity index (χ1n) is 4.97. The van der Waals surface area contributed by atoms with Gasteiger partial charge in [0.25, 0.3) is 0 Å². The third kappa shape index (κ3) is 1.60. The number of aromatic nitrogens is 2. The van der Waals surface area contributed by atoms with Crippen LogP contribution in [0.2, 0.25) is 0 Å². The zero-order valence-corrected chi connectivity index (χ0v) is 9.66. The van der Waals surface area contributed by atoms with E-state index in [4.69, 9.17) is 5.11 Å². The third-order valence-corrected chi connectivity index (χ3v) is 3.35. The molecule has 0 aliphatic rings. The quantitative estimate of drug-likeness (QED) is 0.729. The van der Waals surface area contributed by atoms with Gasteiger partial charge in [-0.1, -0.05) is 11.3 Å². The molecular formula is C10H12N2O3S. The summed E-state index contributed by atoms with van der Waals surface area (Å²) in [5, 5.41) is 22.4. The summed E-state index contributed by atoms with van der Waals surface area (Å²) in [4.78, 5) is 12.4. The molecule has 0 unspecified atom stereocenters. The summed E-state index contributed by atoms with van der Waals surface area (Å²) in [6.07, 6.45) is 2.16. The van der Waals surface area contributed by atoms with Crippen molar-refractivity contribution in [3.8, 4) is 5.88 Å². The number of aliphatic hydroxyl groups excluding tert-OH is 1. The number of hydrogen-bond acceptors (Lipinski definition) is 4. The maximum atomic E-state index is 11.9. The second-order valence-electron chi connectivity index (χ2n) is 3.52. The standard InChI is InChI=1S/C10H12N2O3S/c1-7-8(14)11(3-2-5-13)10-12(9(7)15)4-6-16-10/h4,6,13H,2-3,5H2,1H3. The van der Waals surface area contributed by atoms with Crippen LogP contribution >= 0.6 is 11.3 Å². The molecular weight excluding hydrogens is 228 g/mol. The number of rotatable bonds is 3. The van der Waals surface area contributed by atoms with Crippen molar-refractivity contribution in [1.29, 1.82) is 0 Å². The lowest BCUT2D eigenvalue weighted by Gasteiger charge is -2.12. The van der Waals surface area contributed by atoms with Crippen molar-refractivity contribution in [1.82, 2.24) is 4.40 Å². The zero-order chi connectivity index (χ0) is 11.7. The van der Waals surface area contributed by atoms with E-state index in [2.05, 4.69) is 0 Å². The maximum absolute atomic E-state index is 11.9. The fourth-order valence-electron chi connectivity index (χ4n) is 1.61. The van der Waals surface area contributed by atoms with Gasteiger partial charge in [-0.15, -0.1) is 0 Å². The predicted octanol–water partition coefficient (Wildman–Crippen LogP) is -0.587. The Morgan fingerprint density at radius 2 is 2.38 bits per heavy atom. The molecule has 2 aromatic rings. The largest absolute Gasteiger partial charge is 0.842 e. The molecule has 2 rings (SSSR count). The van der Waals surface area contributed by atoms with Gasteiger partial charge < -0.3 is 10.2 Å². The molecule has 0 radical (unpaired) electrons. The summed E-state index contributed by atoms with van der Waals surface area (Å²) in [5.41, 5.74) is -0.0460. The Labute approximate surface area is 95.8 Å². The molecule has 2 heterocycles. The highest BCUT2D eigenvalue weighted by Gasteiger charge is 2.16. The smallest absolute Gasteiger partial charge is 0.348 e. The van der Waals surface area contributed by atoms with Crippen molar-refractivity contribution in [3.05, 3.63) is 27.5 Å². The second kappa shape index (κ2) is 4.23. The number of fused-ring (bicyclic) bond motifs is 1. The van der Waals surface area contributed by atoms with E-state index >= 15 is 0 Å². The van der Waals surface area contributed by atoms with Crippen LogP contribution in [0.1, 0.15) is 12.0 Å². The lowest BCUT2D eigenvalue weighted by molar-refractivity contribution is -0.715. The van der Waals surface area contributed by atoms with E-state index in [0.717, 1.165) is 0 Å². The molecule has 2 aromatic heterocycles. The number of thiazole rings is 1. The van der Waals surface area contributed by atoms with Gasteiger partial charge in [0.2, 0.25) is 0 Å². The lowest BCUT2D eigenvalue weighted by atomic mass is 10.3. The van der Waals surface area contributed by atoms with E-state index in [9.17, 15) is 9.90 Å². The molecule has 0 atom stereocenters. The van der Waals surface area contributed by atoms with Crippen LogP contribution in [-0.2, 0) is 6.54 Å². The number of aliphatic hydroxyl groups is 1. The summed E-state index contributed by atoms with van der Waals surface area (Å²) in [6, 6.07) is 0. The number of nitrogens with zero attached hydrogens (tertiary/aromatic N) is 2. The van der Waals surface area contributed by atoms with E-state index in [1.807, 2.05) is 0 Å². The Morgan fingerprint density at radius 3 is 3.06 bits per heavy atom. The first-order valence-corrected chi connectivity index (χ1v) is 5.85. The molecule has 0 aliphatic heterocycles. The summed E-state index contributed by atoms with van der Waals surface area (Å²) in [5.74, 6) is -0.263. The van der Waals surface area contributed by atoms with Gasteiger partial charge in [-0.3, -0.25) is 0 Å². The monoisotopic (exact) mass is 240 g/mol. The van der Waals surface area contributed by atoms with Crippen LogP contribution in [0, 0.1) is 6.92 Å². The Morgan fingerprint density at radius 1 is 1.62 bits per heavy atom. The molecule has 0 spiro atoms. The molecule has 0 amide bonds. The van der Waals surface area contributed by atoms with Gasteiger partial charge in [-0.2, -0.15) is 4.40 Å². The van der Waals surface area contributed by atoms with Crippen molar-refractivity contribution in [2.75, 3.05) is 6.61 Å². The maximum Gasteiger partial charge on any atom is 0.348 e. The van der Waals surface area contributed by atoms with Crippen molar-refractivity contribution >= 4 is 16.3 Å². The van der Waals surface area contributed by atoms with Crippen molar-refractivity contribution in [2.24, 2.45) is 0 Å². The van der Waals surface area contributed by atoms with Crippen molar-refractivity contribution in [3.63, 3.8) is 0 Å². The van der Waals surface area contributed by atoms with Gasteiger partial charge in [-0.05, 0) is 6.92 Å². The average Bonchev–Trinajstić information content (AvgIpc) is 2.75. The van der Waals surface area contributed by atoms with Crippen molar-refractivity contribution < 1.29 is 14.8 Å². The van der Waals surface area contributed by atoms with Crippen LogP contribution in [-0.4, -0.2) is 16.1 Å². The normalized spacial score (nSPS) is 11.1. The first kappa shape index (κ1) is 11.1. The van der Waals surface area contributed by atoms with Crippen LogP contribution in [0.4, 0.5) is 0 Å². The summed E-state index contributed by atoms with van der Waals surface area (Å²) in [7, 11) is 0. The molecule has 6 heteroatoms.